The molecule has 0 saturated carbocycles. The molecule has 0 aromatic heterocycles. The first-order valence-electron chi connectivity index (χ1n) is 5.25. The van der Waals surface area contributed by atoms with Crippen molar-refractivity contribution in [3.8, 4) is 11.5 Å². The summed E-state index contributed by atoms with van der Waals surface area (Å²) in [6.07, 6.45) is 5.68. The van der Waals surface area contributed by atoms with E-state index in [1.54, 1.807) is 12.1 Å². The molecule has 0 bridgehead atoms. The predicted molar refractivity (Wildman–Crippen MR) is 71.9 cm³/mol. The molecule has 0 saturated heterocycles. The molecule has 0 aliphatic heterocycles. The second kappa shape index (κ2) is 11.5. The van der Waals surface area contributed by atoms with Crippen LogP contribution in [-0.4, -0.2) is 91.2 Å². The van der Waals surface area contributed by atoms with Crippen LogP contribution in [0.2, 0.25) is 0 Å². The molecule has 1 aromatic rings. The zero-order valence-electron chi connectivity index (χ0n) is 8.66. The third-order valence-corrected chi connectivity index (χ3v) is 2.37. The number of hydrogen-bond donors (Lipinski definition) is 2. The molecule has 0 aliphatic rings. The molecular formula is C12H20KNaO2. The van der Waals surface area contributed by atoms with Crippen LogP contribution in [0.1, 0.15) is 38.2 Å². The zero-order valence-corrected chi connectivity index (χ0v) is 8.66. The molecule has 0 radical (unpaired) electrons. The van der Waals surface area contributed by atoms with E-state index in [0.717, 1.165) is 18.4 Å². The van der Waals surface area contributed by atoms with Gasteiger partial charge in [-0.25, -0.2) is 0 Å². The Bertz CT molecular complexity index is 292. The van der Waals surface area contributed by atoms with E-state index in [2.05, 4.69) is 6.92 Å². The molecule has 0 unspecified atom stereocenters. The first-order chi connectivity index (χ1) is 6.74. The van der Waals surface area contributed by atoms with Gasteiger partial charge in [-0.3, -0.25) is 0 Å². The first kappa shape index (κ1) is 19.8. The van der Waals surface area contributed by atoms with Gasteiger partial charge < -0.3 is 10.2 Å². The van der Waals surface area contributed by atoms with Gasteiger partial charge in [0.2, 0.25) is 0 Å². The molecule has 2 N–H and O–H groups in total. The van der Waals surface area contributed by atoms with Crippen LogP contribution in [0.3, 0.4) is 0 Å². The van der Waals surface area contributed by atoms with Crippen molar-refractivity contribution in [2.75, 3.05) is 0 Å². The topological polar surface area (TPSA) is 40.5 Å². The van der Waals surface area contributed by atoms with E-state index in [1.807, 2.05) is 0 Å². The van der Waals surface area contributed by atoms with Gasteiger partial charge in [-0.15, -0.1) is 0 Å². The van der Waals surface area contributed by atoms with Crippen LogP contribution < -0.4 is 0 Å². The standard InChI is InChI=1S/C12H18O2.K.Na.2H/c1-2-3-4-5-6-10-7-8-11(13)9-12(10)14;;;;/h7-9,13-14H,2-6H2,1H3;;;;. The minimum atomic E-state index is 0. The normalized spacial score (nSPS) is 9.06. The number of benzene rings is 1. The van der Waals surface area contributed by atoms with E-state index < -0.39 is 0 Å². The summed E-state index contributed by atoms with van der Waals surface area (Å²) < 4.78 is 0. The molecule has 82 valence electrons. The summed E-state index contributed by atoms with van der Waals surface area (Å²) in [6, 6.07) is 4.81. The van der Waals surface area contributed by atoms with Crippen molar-refractivity contribution in [3.63, 3.8) is 0 Å². The molecule has 0 fully saturated rings. The average Bonchev–Trinajstić information content (AvgIpc) is 2.15. The van der Waals surface area contributed by atoms with Gasteiger partial charge >= 0.3 is 80.9 Å². The minimum absolute atomic E-state index is 0. The number of phenols is 2. The predicted octanol–water partition coefficient (Wildman–Crippen LogP) is 1.92. The molecule has 0 aliphatic carbocycles. The number of aryl methyl sites for hydroxylation is 1. The molecule has 0 spiro atoms. The van der Waals surface area contributed by atoms with Gasteiger partial charge in [0.1, 0.15) is 11.5 Å². The van der Waals surface area contributed by atoms with Crippen molar-refractivity contribution in [3.05, 3.63) is 23.8 Å². The molecule has 0 amide bonds. The van der Waals surface area contributed by atoms with Crippen molar-refractivity contribution in [2.24, 2.45) is 0 Å². The van der Waals surface area contributed by atoms with Crippen LogP contribution in [0.15, 0.2) is 18.2 Å². The number of hydrogen-bond acceptors (Lipinski definition) is 2. The van der Waals surface area contributed by atoms with Gasteiger partial charge in [-0.05, 0) is 24.5 Å². The second-order valence-corrected chi connectivity index (χ2v) is 3.62. The Labute approximate surface area is 163 Å². The van der Waals surface area contributed by atoms with Crippen LogP contribution in [0.5, 0.6) is 11.5 Å². The van der Waals surface area contributed by atoms with Gasteiger partial charge in [0.25, 0.3) is 0 Å². The monoisotopic (exact) mass is 258 g/mol. The molecular weight excluding hydrogens is 238 g/mol. The first-order valence-corrected chi connectivity index (χ1v) is 5.25. The third kappa shape index (κ3) is 7.72. The van der Waals surface area contributed by atoms with Crippen LogP contribution in [0.25, 0.3) is 0 Å². The summed E-state index contributed by atoms with van der Waals surface area (Å²) in [4.78, 5) is 0. The Morgan fingerprint density at radius 2 is 1.75 bits per heavy atom. The zero-order chi connectivity index (χ0) is 10.4. The molecule has 0 heterocycles. The maximum atomic E-state index is 9.49. The SMILES string of the molecule is CCCCCCc1ccc(O)cc1O.[KH].[NaH]. The average molecular weight is 258 g/mol. The van der Waals surface area contributed by atoms with E-state index in [0.29, 0.717) is 0 Å². The Balaban J connectivity index is 0. The summed E-state index contributed by atoms with van der Waals surface area (Å²) in [7, 11) is 0. The van der Waals surface area contributed by atoms with Crippen LogP contribution in [0, 0.1) is 0 Å². The van der Waals surface area contributed by atoms with E-state index in [9.17, 15) is 5.11 Å². The fraction of sp³-hybridized carbons (Fsp3) is 0.500. The summed E-state index contributed by atoms with van der Waals surface area (Å²) in [5.74, 6) is 0.335. The number of rotatable bonds is 5. The van der Waals surface area contributed by atoms with Gasteiger partial charge in [-0.2, -0.15) is 0 Å². The quantitative estimate of drug-likeness (QED) is 0.626. The van der Waals surface area contributed by atoms with Gasteiger partial charge in [0, 0.05) is 6.07 Å². The van der Waals surface area contributed by atoms with E-state index in [4.69, 9.17) is 5.11 Å². The molecule has 1 rings (SSSR count). The second-order valence-electron chi connectivity index (χ2n) is 3.62. The Morgan fingerprint density at radius 1 is 1.06 bits per heavy atom. The fourth-order valence-electron chi connectivity index (χ4n) is 1.51. The maximum absolute atomic E-state index is 9.49. The van der Waals surface area contributed by atoms with Crippen LogP contribution in [0.4, 0.5) is 0 Å². The van der Waals surface area contributed by atoms with Crippen molar-refractivity contribution >= 4 is 80.9 Å². The van der Waals surface area contributed by atoms with Crippen molar-refractivity contribution in [2.45, 2.75) is 39.0 Å². The van der Waals surface area contributed by atoms with Gasteiger partial charge in [0.05, 0.1) is 0 Å². The number of unbranched alkanes of at least 4 members (excludes halogenated alkanes) is 3. The summed E-state index contributed by atoms with van der Waals surface area (Å²) in [6.45, 7) is 2.18. The van der Waals surface area contributed by atoms with Gasteiger partial charge in [0.15, 0.2) is 0 Å². The molecule has 16 heavy (non-hydrogen) atoms. The number of aromatic hydroxyl groups is 2. The summed E-state index contributed by atoms with van der Waals surface area (Å²) in [5.41, 5.74) is 0.930. The molecule has 0 atom stereocenters. The fourth-order valence-corrected chi connectivity index (χ4v) is 1.51. The summed E-state index contributed by atoms with van der Waals surface area (Å²) >= 11 is 0. The summed E-state index contributed by atoms with van der Waals surface area (Å²) in [5, 5.41) is 18.6. The molecule has 1 aromatic carbocycles. The Kier molecular flexibility index (Phi) is 14.3. The molecule has 2 nitrogen and oxygen atoms in total. The van der Waals surface area contributed by atoms with Crippen LogP contribution >= 0.6 is 0 Å². The van der Waals surface area contributed by atoms with E-state index >= 15 is 0 Å². The van der Waals surface area contributed by atoms with Crippen LogP contribution in [-0.2, 0) is 6.42 Å². The van der Waals surface area contributed by atoms with Crippen molar-refractivity contribution in [1.82, 2.24) is 0 Å². The van der Waals surface area contributed by atoms with E-state index in [-0.39, 0.29) is 92.4 Å². The number of phenolic OH excluding ortho intramolecular Hbond substituents is 2. The van der Waals surface area contributed by atoms with Gasteiger partial charge in [-0.1, -0.05) is 32.3 Å². The Hall–Kier alpha value is 1.46. The third-order valence-electron chi connectivity index (χ3n) is 2.37. The van der Waals surface area contributed by atoms with E-state index in [1.165, 1.54) is 25.3 Å². The van der Waals surface area contributed by atoms with Crippen molar-refractivity contribution in [1.29, 1.82) is 0 Å². The molecule has 4 heteroatoms. The van der Waals surface area contributed by atoms with Crippen molar-refractivity contribution < 1.29 is 10.2 Å². The Morgan fingerprint density at radius 3 is 2.31 bits per heavy atom.